The Hall–Kier alpha value is -3.06. The van der Waals surface area contributed by atoms with Crippen LogP contribution in [0, 0.1) is 0 Å². The Morgan fingerprint density at radius 3 is 2.52 bits per heavy atom. The number of benzene rings is 2. The van der Waals surface area contributed by atoms with Crippen molar-refractivity contribution in [1.82, 2.24) is 5.32 Å². The summed E-state index contributed by atoms with van der Waals surface area (Å²) in [5.74, 6) is -1.24. The number of hydrogen-bond acceptors (Lipinski definition) is 4. The van der Waals surface area contributed by atoms with Crippen LogP contribution in [-0.4, -0.2) is 23.1 Å². The zero-order valence-corrected chi connectivity index (χ0v) is 14.0. The highest BCUT2D eigenvalue weighted by molar-refractivity contribution is 6.33. The molecule has 2 rings (SSSR count). The number of anilines is 1. The molecule has 0 unspecified atom stereocenters. The van der Waals surface area contributed by atoms with E-state index in [0.29, 0.717) is 17.0 Å². The second-order valence-corrected chi connectivity index (χ2v) is 5.42. The van der Waals surface area contributed by atoms with E-state index < -0.39 is 18.0 Å². The second kappa shape index (κ2) is 8.16. The van der Waals surface area contributed by atoms with Gasteiger partial charge in [0, 0.05) is 24.7 Å². The summed E-state index contributed by atoms with van der Waals surface area (Å²) in [5, 5.41) is 14.1. The largest absolute Gasteiger partial charge is 0.478 e. The highest BCUT2D eigenvalue weighted by atomic mass is 35.5. The molecule has 25 heavy (non-hydrogen) atoms. The van der Waals surface area contributed by atoms with Crippen LogP contribution >= 0.6 is 11.6 Å². The molecule has 0 aliphatic heterocycles. The number of esters is 1. The molecule has 0 aliphatic rings. The lowest BCUT2D eigenvalue weighted by atomic mass is 10.2. The fraction of sp³-hybridized carbons (Fsp3) is 0.118. The summed E-state index contributed by atoms with van der Waals surface area (Å²) in [6.07, 6.45) is 0. The number of ether oxygens (including phenoxy) is 1. The predicted octanol–water partition coefficient (Wildman–Crippen LogP) is 3.29. The van der Waals surface area contributed by atoms with Gasteiger partial charge in [0.15, 0.2) is 0 Å². The first-order chi connectivity index (χ1) is 11.9. The Bertz CT molecular complexity index is 822. The number of hydrogen-bond donors (Lipinski definition) is 3. The first kappa shape index (κ1) is 18.3. The Morgan fingerprint density at radius 2 is 1.88 bits per heavy atom. The van der Waals surface area contributed by atoms with Crippen molar-refractivity contribution in [1.29, 1.82) is 0 Å². The number of amides is 2. The number of aromatic carboxylic acids is 1. The molecule has 0 atom stereocenters. The van der Waals surface area contributed by atoms with Gasteiger partial charge in [-0.1, -0.05) is 29.8 Å². The van der Waals surface area contributed by atoms with Crippen LogP contribution in [0.1, 0.15) is 22.8 Å². The first-order valence-electron chi connectivity index (χ1n) is 7.21. The number of para-hydroxylation sites is 1. The molecule has 0 spiro atoms. The quantitative estimate of drug-likeness (QED) is 0.559. The molecule has 0 bridgehead atoms. The first-order valence-corrected chi connectivity index (χ1v) is 7.58. The van der Waals surface area contributed by atoms with Gasteiger partial charge in [-0.05, 0) is 24.3 Å². The van der Waals surface area contributed by atoms with Crippen LogP contribution in [0.3, 0.4) is 0 Å². The van der Waals surface area contributed by atoms with Crippen molar-refractivity contribution in [3.63, 3.8) is 0 Å². The van der Waals surface area contributed by atoms with Crippen molar-refractivity contribution in [2.24, 2.45) is 0 Å². The van der Waals surface area contributed by atoms with E-state index in [1.165, 1.54) is 25.1 Å². The van der Waals surface area contributed by atoms with Crippen LogP contribution in [0.2, 0.25) is 5.02 Å². The zero-order chi connectivity index (χ0) is 18.4. The molecule has 2 amide bonds. The van der Waals surface area contributed by atoms with E-state index in [-0.39, 0.29) is 17.1 Å². The zero-order valence-electron chi connectivity index (χ0n) is 13.2. The third-order valence-corrected chi connectivity index (χ3v) is 3.44. The lowest BCUT2D eigenvalue weighted by Gasteiger charge is -2.11. The Kier molecular flexibility index (Phi) is 5.97. The number of carboxylic acid groups (broad SMARTS) is 1. The molecule has 7 nitrogen and oxygen atoms in total. The highest BCUT2D eigenvalue weighted by Gasteiger charge is 2.11. The second-order valence-electron chi connectivity index (χ2n) is 5.01. The van der Waals surface area contributed by atoms with E-state index in [0.717, 1.165) is 0 Å². The van der Waals surface area contributed by atoms with Gasteiger partial charge in [-0.2, -0.15) is 0 Å². The number of nitrogens with one attached hydrogen (secondary N) is 2. The van der Waals surface area contributed by atoms with Gasteiger partial charge in [-0.15, -0.1) is 0 Å². The van der Waals surface area contributed by atoms with Crippen molar-refractivity contribution in [3.8, 4) is 5.75 Å². The van der Waals surface area contributed by atoms with Gasteiger partial charge < -0.3 is 20.5 Å². The van der Waals surface area contributed by atoms with Crippen molar-refractivity contribution in [2.75, 3.05) is 5.32 Å². The molecule has 0 fully saturated rings. The molecule has 0 radical (unpaired) electrons. The molecular weight excluding hydrogens is 348 g/mol. The lowest BCUT2D eigenvalue weighted by molar-refractivity contribution is -0.131. The molecule has 2 aromatic rings. The molecule has 3 N–H and O–H groups in total. The summed E-state index contributed by atoms with van der Waals surface area (Å²) >= 11 is 5.85. The molecule has 2 aromatic carbocycles. The highest BCUT2D eigenvalue weighted by Crippen LogP contribution is 2.21. The van der Waals surface area contributed by atoms with Crippen LogP contribution < -0.4 is 15.4 Å². The van der Waals surface area contributed by atoms with Gasteiger partial charge in [0.2, 0.25) is 0 Å². The predicted molar refractivity (Wildman–Crippen MR) is 92.0 cm³/mol. The SMILES string of the molecule is CC(=O)Oc1ccccc1CNC(=O)Nc1ccc(C(=O)O)c(Cl)c1. The summed E-state index contributed by atoms with van der Waals surface area (Å²) < 4.78 is 5.06. The minimum atomic E-state index is -1.15. The summed E-state index contributed by atoms with van der Waals surface area (Å²) in [5.41, 5.74) is 0.927. The normalized spacial score (nSPS) is 10.0. The maximum Gasteiger partial charge on any atom is 0.337 e. The number of urea groups is 1. The van der Waals surface area contributed by atoms with Crippen LogP contribution in [0.4, 0.5) is 10.5 Å². The summed E-state index contributed by atoms with van der Waals surface area (Å²) in [6, 6.07) is 10.4. The van der Waals surface area contributed by atoms with E-state index in [2.05, 4.69) is 10.6 Å². The van der Waals surface area contributed by atoms with Gasteiger partial charge in [-0.3, -0.25) is 4.79 Å². The third-order valence-electron chi connectivity index (χ3n) is 3.12. The standard InChI is InChI=1S/C17H15ClN2O5/c1-10(21)25-15-5-3-2-4-11(15)9-19-17(24)20-12-6-7-13(16(22)23)14(18)8-12/h2-8H,9H2,1H3,(H,22,23)(H2,19,20,24). The van der Waals surface area contributed by atoms with E-state index in [4.69, 9.17) is 21.4 Å². The fourth-order valence-corrected chi connectivity index (χ4v) is 2.28. The number of carbonyl (C=O) groups is 3. The van der Waals surface area contributed by atoms with Crippen molar-refractivity contribution in [2.45, 2.75) is 13.5 Å². The van der Waals surface area contributed by atoms with Crippen molar-refractivity contribution < 1.29 is 24.2 Å². The lowest BCUT2D eigenvalue weighted by Crippen LogP contribution is -2.28. The van der Waals surface area contributed by atoms with Crippen molar-refractivity contribution >= 4 is 35.3 Å². The molecular formula is C17H15ClN2O5. The number of halogens is 1. The van der Waals surface area contributed by atoms with Crippen LogP contribution in [0.5, 0.6) is 5.75 Å². The van der Waals surface area contributed by atoms with Crippen LogP contribution in [0.25, 0.3) is 0 Å². The van der Waals surface area contributed by atoms with E-state index >= 15 is 0 Å². The number of carbonyl (C=O) groups excluding carboxylic acids is 2. The van der Waals surface area contributed by atoms with E-state index in [1.807, 2.05) is 0 Å². The average Bonchev–Trinajstić information content (AvgIpc) is 2.53. The summed E-state index contributed by atoms with van der Waals surface area (Å²) in [7, 11) is 0. The molecule has 0 saturated heterocycles. The minimum Gasteiger partial charge on any atom is -0.478 e. The van der Waals surface area contributed by atoms with Gasteiger partial charge in [-0.25, -0.2) is 9.59 Å². The van der Waals surface area contributed by atoms with Crippen LogP contribution in [-0.2, 0) is 11.3 Å². The van der Waals surface area contributed by atoms with Gasteiger partial charge >= 0.3 is 18.0 Å². The third kappa shape index (κ3) is 5.22. The van der Waals surface area contributed by atoms with Crippen molar-refractivity contribution in [3.05, 3.63) is 58.6 Å². The fourth-order valence-electron chi connectivity index (χ4n) is 2.02. The minimum absolute atomic E-state index is 0.0190. The number of rotatable bonds is 5. The summed E-state index contributed by atoms with van der Waals surface area (Å²) in [6.45, 7) is 1.43. The smallest absolute Gasteiger partial charge is 0.337 e. The Balaban J connectivity index is 1.99. The summed E-state index contributed by atoms with van der Waals surface area (Å²) in [4.78, 5) is 33.9. The molecule has 8 heteroatoms. The molecule has 0 aromatic heterocycles. The maximum atomic E-state index is 12.0. The van der Waals surface area contributed by atoms with E-state index in [9.17, 15) is 14.4 Å². The van der Waals surface area contributed by atoms with Crippen LogP contribution in [0.15, 0.2) is 42.5 Å². The van der Waals surface area contributed by atoms with Gasteiger partial charge in [0.25, 0.3) is 0 Å². The average molecular weight is 363 g/mol. The topological polar surface area (TPSA) is 105 Å². The Morgan fingerprint density at radius 1 is 1.16 bits per heavy atom. The van der Waals surface area contributed by atoms with Gasteiger partial charge in [0.1, 0.15) is 5.75 Å². The maximum absolute atomic E-state index is 12.0. The number of carboxylic acids is 1. The monoisotopic (exact) mass is 362 g/mol. The Labute approximate surface area is 148 Å². The molecule has 0 saturated carbocycles. The molecule has 130 valence electrons. The molecule has 0 aliphatic carbocycles. The van der Waals surface area contributed by atoms with Gasteiger partial charge in [0.05, 0.1) is 10.6 Å². The van der Waals surface area contributed by atoms with E-state index in [1.54, 1.807) is 24.3 Å². The molecule has 0 heterocycles.